The topological polar surface area (TPSA) is 3.24 Å². The summed E-state index contributed by atoms with van der Waals surface area (Å²) in [5.74, 6) is 0. The zero-order valence-corrected chi connectivity index (χ0v) is 20.3. The molecule has 34 heavy (non-hydrogen) atoms. The largest absolute Gasteiger partial charge is 0.295 e. The molecule has 0 N–H and O–H groups in total. The maximum absolute atomic E-state index is 2.55. The zero-order valence-electron chi connectivity index (χ0n) is 19.4. The van der Waals surface area contributed by atoms with Crippen molar-refractivity contribution in [1.29, 1.82) is 0 Å². The van der Waals surface area contributed by atoms with Crippen LogP contribution < -0.4 is 15.9 Å². The average Bonchev–Trinajstić information content (AvgIpc) is 2.90. The molecule has 0 amide bonds. The fourth-order valence-electron chi connectivity index (χ4n) is 5.42. The normalized spacial score (nSPS) is 16.0. The van der Waals surface area contributed by atoms with Gasteiger partial charge in [-0.05, 0) is 64.8 Å². The lowest BCUT2D eigenvalue weighted by Gasteiger charge is -2.38. The van der Waals surface area contributed by atoms with E-state index in [1.807, 2.05) is 0 Å². The highest BCUT2D eigenvalue weighted by Crippen LogP contribution is 2.43. The van der Waals surface area contributed by atoms with Crippen LogP contribution in [-0.4, -0.2) is 18.5 Å². The Morgan fingerprint density at radius 3 is 2.00 bits per heavy atom. The van der Waals surface area contributed by atoms with Crippen LogP contribution in [0.5, 0.6) is 0 Å². The Bertz CT molecular complexity index is 1390. The second kappa shape index (κ2) is 9.18. The number of rotatable bonds is 4. The van der Waals surface area contributed by atoms with Crippen LogP contribution in [0, 0.1) is 0 Å². The van der Waals surface area contributed by atoms with Gasteiger partial charge < -0.3 is 0 Å². The molecule has 0 saturated heterocycles. The lowest BCUT2D eigenvalue weighted by atomic mass is 9.86. The van der Waals surface area contributed by atoms with Gasteiger partial charge in [0.25, 0.3) is 0 Å². The van der Waals surface area contributed by atoms with Crippen molar-refractivity contribution in [3.8, 4) is 0 Å². The Balaban J connectivity index is 1.68. The Hall–Kier alpha value is -3.25. The van der Waals surface area contributed by atoms with E-state index in [9.17, 15) is 0 Å². The fourth-order valence-corrected chi connectivity index (χ4v) is 7.92. The monoisotopic (exact) mass is 457 g/mol. The second-order valence-corrected chi connectivity index (χ2v) is 11.2. The first-order chi connectivity index (χ1) is 16.8. The van der Waals surface area contributed by atoms with Crippen molar-refractivity contribution >= 4 is 34.6 Å². The third-order valence-corrected chi connectivity index (χ3v) is 9.52. The summed E-state index contributed by atoms with van der Waals surface area (Å²) in [6, 6.07) is 45.1. The summed E-state index contributed by atoms with van der Waals surface area (Å²) in [7, 11) is 1.59. The Kier molecular flexibility index (Phi) is 5.75. The molecule has 1 aliphatic heterocycles. The summed E-state index contributed by atoms with van der Waals surface area (Å²) in [4.78, 5) is 2.55. The lowest BCUT2D eigenvalue weighted by molar-refractivity contribution is 0.267. The summed E-state index contributed by atoms with van der Waals surface area (Å²) in [6.07, 6.45) is 1.11. The molecule has 166 valence electrons. The lowest BCUT2D eigenvalue weighted by Crippen LogP contribution is -2.36. The summed E-state index contributed by atoms with van der Waals surface area (Å²) in [6.45, 7) is 1.07. The van der Waals surface area contributed by atoms with Crippen LogP contribution in [0.15, 0.2) is 121 Å². The van der Waals surface area contributed by atoms with Gasteiger partial charge in [0.05, 0.1) is 6.04 Å². The summed E-state index contributed by atoms with van der Waals surface area (Å²) in [5, 5.41) is 6.93. The van der Waals surface area contributed by atoms with Gasteiger partial charge in [0, 0.05) is 6.54 Å². The van der Waals surface area contributed by atoms with E-state index in [1.54, 1.807) is 0 Å². The van der Waals surface area contributed by atoms with Crippen LogP contribution in [-0.2, 0) is 6.42 Å². The smallest absolute Gasteiger partial charge is 0.0614 e. The molecule has 2 heteroatoms. The molecule has 6 rings (SSSR count). The van der Waals surface area contributed by atoms with Gasteiger partial charge >= 0.3 is 0 Å². The van der Waals surface area contributed by atoms with Crippen molar-refractivity contribution < 1.29 is 0 Å². The van der Waals surface area contributed by atoms with E-state index in [0.29, 0.717) is 0 Å². The van der Waals surface area contributed by atoms with Gasteiger partial charge in [0.1, 0.15) is 0 Å². The first kappa shape index (κ1) is 21.3. The maximum Gasteiger partial charge on any atom is 0.0614 e. The fraction of sp³-hybridized carbons (Fsp3) is 0.125. The molecule has 0 radical (unpaired) electrons. The van der Waals surface area contributed by atoms with Crippen molar-refractivity contribution in [3.63, 3.8) is 0 Å². The number of benzene rings is 5. The second-order valence-electron chi connectivity index (χ2n) is 9.06. The quantitative estimate of drug-likeness (QED) is 0.292. The van der Waals surface area contributed by atoms with Gasteiger partial charge in [0.15, 0.2) is 0 Å². The van der Waals surface area contributed by atoms with E-state index in [0.717, 1.165) is 13.0 Å². The molecular weight excluding hydrogens is 429 g/mol. The van der Waals surface area contributed by atoms with E-state index in [1.165, 1.54) is 43.4 Å². The van der Waals surface area contributed by atoms with Gasteiger partial charge in [-0.2, -0.15) is 0 Å². The van der Waals surface area contributed by atoms with Gasteiger partial charge in [-0.1, -0.05) is 121 Å². The zero-order chi connectivity index (χ0) is 22.9. The van der Waals surface area contributed by atoms with E-state index >= 15 is 0 Å². The third kappa shape index (κ3) is 3.76. The molecule has 1 aliphatic rings. The first-order valence-electron chi connectivity index (χ1n) is 12.0. The number of likely N-dealkylation sites (N-methyl/N-ethyl adjacent to an activating group) is 1. The van der Waals surface area contributed by atoms with Crippen LogP contribution in [0.2, 0.25) is 0 Å². The Labute approximate surface area is 203 Å². The van der Waals surface area contributed by atoms with Crippen LogP contribution in [0.3, 0.4) is 0 Å². The molecule has 1 heterocycles. The van der Waals surface area contributed by atoms with E-state index in [-0.39, 0.29) is 6.04 Å². The predicted molar refractivity (Wildman–Crippen MR) is 147 cm³/mol. The van der Waals surface area contributed by atoms with E-state index in [2.05, 4.69) is 133 Å². The SMILES string of the molecule is CN1CCc2ccccc2[C@@H]1c1c(P(c2ccccc2)c2ccccc2)ccc2ccccc12. The van der Waals surface area contributed by atoms with Crippen molar-refractivity contribution in [1.82, 2.24) is 4.90 Å². The molecule has 5 aromatic rings. The van der Waals surface area contributed by atoms with Gasteiger partial charge in [0.2, 0.25) is 0 Å². The van der Waals surface area contributed by atoms with Crippen LogP contribution >= 0.6 is 7.92 Å². The highest BCUT2D eigenvalue weighted by Gasteiger charge is 2.32. The van der Waals surface area contributed by atoms with Crippen LogP contribution in [0.25, 0.3) is 10.8 Å². The molecule has 0 unspecified atom stereocenters. The molecule has 0 fully saturated rings. The highest BCUT2D eigenvalue weighted by atomic mass is 31.1. The number of hydrogen-bond acceptors (Lipinski definition) is 1. The summed E-state index contributed by atoms with van der Waals surface area (Å²) >= 11 is 0. The van der Waals surface area contributed by atoms with Crippen LogP contribution in [0.4, 0.5) is 0 Å². The first-order valence-corrected chi connectivity index (χ1v) is 13.4. The van der Waals surface area contributed by atoms with Crippen LogP contribution in [0.1, 0.15) is 22.7 Å². The molecule has 0 bridgehead atoms. The van der Waals surface area contributed by atoms with E-state index in [4.69, 9.17) is 0 Å². The standard InChI is InChI=1S/C32H28NP/c1-33-23-22-25-13-9-11-19-29(25)32(33)31-28-18-10-8-12-24(28)20-21-30(31)34(26-14-4-2-5-15-26)27-16-6-3-7-17-27/h2-21,32H,22-23H2,1H3/t32-/m1/s1. The Morgan fingerprint density at radius 1 is 0.647 bits per heavy atom. The Morgan fingerprint density at radius 2 is 1.26 bits per heavy atom. The molecular formula is C32H28NP. The molecule has 0 spiro atoms. The number of fused-ring (bicyclic) bond motifs is 2. The minimum Gasteiger partial charge on any atom is -0.295 e. The van der Waals surface area contributed by atoms with Crippen molar-refractivity contribution in [2.75, 3.05) is 13.6 Å². The van der Waals surface area contributed by atoms with Crippen molar-refractivity contribution in [2.45, 2.75) is 12.5 Å². The molecule has 1 atom stereocenters. The predicted octanol–water partition coefficient (Wildman–Crippen LogP) is 6.18. The molecule has 0 saturated carbocycles. The summed E-state index contributed by atoms with van der Waals surface area (Å²) in [5.41, 5.74) is 4.39. The van der Waals surface area contributed by atoms with Gasteiger partial charge in [-0.3, -0.25) is 4.90 Å². The third-order valence-electron chi connectivity index (χ3n) is 7.02. The molecule has 0 aromatic heterocycles. The molecule has 0 aliphatic carbocycles. The maximum atomic E-state index is 2.55. The number of nitrogens with zero attached hydrogens (tertiary/aromatic N) is 1. The molecule has 1 nitrogen and oxygen atoms in total. The van der Waals surface area contributed by atoms with E-state index < -0.39 is 7.92 Å². The minimum absolute atomic E-state index is 0.239. The summed E-state index contributed by atoms with van der Waals surface area (Å²) < 4.78 is 0. The number of hydrogen-bond donors (Lipinski definition) is 0. The van der Waals surface area contributed by atoms with Gasteiger partial charge in [-0.25, -0.2) is 0 Å². The highest BCUT2D eigenvalue weighted by molar-refractivity contribution is 7.80. The minimum atomic E-state index is -0.700. The van der Waals surface area contributed by atoms with Crippen molar-refractivity contribution in [3.05, 3.63) is 138 Å². The average molecular weight is 458 g/mol. The molecule has 5 aromatic carbocycles. The van der Waals surface area contributed by atoms with Gasteiger partial charge in [-0.15, -0.1) is 0 Å². The van der Waals surface area contributed by atoms with Crippen molar-refractivity contribution in [2.24, 2.45) is 0 Å².